The minimum Gasteiger partial charge on any atom is -0.366 e. The van der Waals surface area contributed by atoms with Gasteiger partial charge >= 0.3 is 0 Å². The number of aromatic nitrogens is 1. The molecule has 4 rings (SSSR count). The topological polar surface area (TPSA) is 48.0 Å². The minimum absolute atomic E-state index is 0.166. The summed E-state index contributed by atoms with van der Waals surface area (Å²) in [6.45, 7) is 1.82. The first-order valence-corrected chi connectivity index (χ1v) is 8.79. The predicted molar refractivity (Wildman–Crippen MR) is 102 cm³/mol. The third-order valence-corrected chi connectivity index (χ3v) is 4.95. The highest BCUT2D eigenvalue weighted by molar-refractivity contribution is 6.17. The summed E-state index contributed by atoms with van der Waals surface area (Å²) in [5.41, 5.74) is 7.83. The fourth-order valence-electron chi connectivity index (χ4n) is 3.56. The number of halogens is 3. The molecular formula is C22H16F3N2O. The summed E-state index contributed by atoms with van der Waals surface area (Å²) in [5.74, 6) is -3.50. The monoisotopic (exact) mass is 381 g/mol. The van der Waals surface area contributed by atoms with Gasteiger partial charge in [0.1, 0.15) is 17.5 Å². The van der Waals surface area contributed by atoms with Crippen LogP contribution in [0.4, 0.5) is 13.2 Å². The van der Waals surface area contributed by atoms with E-state index < -0.39 is 23.4 Å². The van der Waals surface area contributed by atoms with Crippen LogP contribution in [0.1, 0.15) is 28.4 Å². The molecule has 141 valence electrons. The summed E-state index contributed by atoms with van der Waals surface area (Å²) >= 11 is 0. The lowest BCUT2D eigenvalue weighted by Gasteiger charge is -2.11. The van der Waals surface area contributed by atoms with E-state index in [2.05, 4.69) is 6.07 Å². The molecule has 6 heteroatoms. The van der Waals surface area contributed by atoms with Crippen LogP contribution >= 0.6 is 0 Å². The van der Waals surface area contributed by atoms with E-state index in [0.29, 0.717) is 39.5 Å². The Morgan fingerprint density at radius 3 is 2.46 bits per heavy atom. The van der Waals surface area contributed by atoms with Crippen molar-refractivity contribution in [1.82, 2.24) is 4.57 Å². The quantitative estimate of drug-likeness (QED) is 0.546. The molecule has 0 aliphatic carbocycles. The Kier molecular flexibility index (Phi) is 4.34. The van der Waals surface area contributed by atoms with E-state index in [9.17, 15) is 18.0 Å². The Bertz CT molecular complexity index is 1220. The average Bonchev–Trinajstić information content (AvgIpc) is 2.97. The number of aryl methyl sites for hydroxylation is 1. The van der Waals surface area contributed by atoms with Gasteiger partial charge in [0.05, 0.1) is 17.6 Å². The Hall–Kier alpha value is -3.28. The first-order valence-electron chi connectivity index (χ1n) is 8.79. The highest BCUT2D eigenvalue weighted by Crippen LogP contribution is 2.33. The predicted octanol–water partition coefficient (Wildman–Crippen LogP) is 4.72. The van der Waals surface area contributed by atoms with Crippen molar-refractivity contribution in [1.29, 1.82) is 0 Å². The second kappa shape index (κ2) is 6.71. The number of carbonyl (C=O) groups excluding carboxylic acids is 1. The molecule has 0 atom stereocenters. The third-order valence-electron chi connectivity index (χ3n) is 4.95. The summed E-state index contributed by atoms with van der Waals surface area (Å²) in [6.07, 6.45) is 0.746. The highest BCUT2D eigenvalue weighted by Gasteiger charge is 2.19. The number of benzene rings is 3. The van der Waals surface area contributed by atoms with Crippen molar-refractivity contribution in [3.05, 3.63) is 82.7 Å². The first-order chi connectivity index (χ1) is 13.4. The van der Waals surface area contributed by atoms with E-state index >= 15 is 0 Å². The summed E-state index contributed by atoms with van der Waals surface area (Å²) in [5, 5.41) is 1.22. The van der Waals surface area contributed by atoms with Crippen molar-refractivity contribution >= 4 is 27.7 Å². The first kappa shape index (κ1) is 18.1. The molecule has 0 aliphatic heterocycles. The average molecular weight is 381 g/mol. The van der Waals surface area contributed by atoms with Crippen molar-refractivity contribution in [3.63, 3.8) is 0 Å². The van der Waals surface area contributed by atoms with Gasteiger partial charge < -0.3 is 10.3 Å². The zero-order valence-corrected chi connectivity index (χ0v) is 15.0. The molecule has 3 nitrogen and oxygen atoms in total. The van der Waals surface area contributed by atoms with E-state index in [-0.39, 0.29) is 12.1 Å². The van der Waals surface area contributed by atoms with Gasteiger partial charge in [-0.05, 0) is 36.2 Å². The molecule has 0 saturated carbocycles. The maximum Gasteiger partial charge on any atom is 0.249 e. The van der Waals surface area contributed by atoms with Crippen LogP contribution in [0, 0.1) is 23.5 Å². The number of hydrogen-bond donors (Lipinski definition) is 1. The van der Waals surface area contributed by atoms with Crippen molar-refractivity contribution in [2.75, 3.05) is 0 Å². The van der Waals surface area contributed by atoms with E-state index in [4.69, 9.17) is 5.73 Å². The van der Waals surface area contributed by atoms with Crippen molar-refractivity contribution in [2.24, 2.45) is 5.73 Å². The number of rotatable bonds is 4. The normalized spacial score (nSPS) is 11.4. The lowest BCUT2D eigenvalue weighted by molar-refractivity contribution is 0.100. The maximum absolute atomic E-state index is 14.3. The van der Waals surface area contributed by atoms with Gasteiger partial charge in [-0.15, -0.1) is 0 Å². The standard InChI is InChI=1S/C22H16F3N2O/c1-2-12-6-7-14-20(8-12)27(11-16-17(24)9-13(23)10-18(16)25)19-5-3-4-15(21(14)19)22(26)28/h3-6,8-10H,2,11H2,1H3,(H2,26,28). The number of carbonyl (C=O) groups is 1. The zero-order valence-electron chi connectivity index (χ0n) is 15.0. The number of nitrogens with zero attached hydrogens (tertiary/aromatic N) is 1. The molecule has 2 N–H and O–H groups in total. The van der Waals surface area contributed by atoms with Crippen molar-refractivity contribution in [3.8, 4) is 0 Å². The molecule has 0 fully saturated rings. The molecule has 1 radical (unpaired) electrons. The highest BCUT2D eigenvalue weighted by atomic mass is 19.1. The fourth-order valence-corrected chi connectivity index (χ4v) is 3.56. The van der Waals surface area contributed by atoms with Crippen LogP contribution in [0.3, 0.4) is 0 Å². The molecule has 4 aromatic rings. The van der Waals surface area contributed by atoms with Crippen LogP contribution in [0.5, 0.6) is 0 Å². The van der Waals surface area contributed by atoms with Gasteiger partial charge in [0, 0.05) is 34.0 Å². The summed E-state index contributed by atoms with van der Waals surface area (Å²) in [4.78, 5) is 11.9. The molecule has 0 saturated heterocycles. The SMILES string of the molecule is CCc1c[c]c2c3c(C(N)=O)cccc3n(Cc3c(F)cc(F)cc3F)c2c1. The summed E-state index contributed by atoms with van der Waals surface area (Å²) < 4.78 is 43.6. The molecule has 1 aromatic heterocycles. The van der Waals surface area contributed by atoms with Crippen molar-refractivity contribution < 1.29 is 18.0 Å². The molecule has 0 bridgehead atoms. The van der Waals surface area contributed by atoms with Gasteiger partial charge in [-0.1, -0.05) is 19.1 Å². The molecule has 1 heterocycles. The van der Waals surface area contributed by atoms with Crippen LogP contribution in [-0.4, -0.2) is 10.5 Å². The van der Waals surface area contributed by atoms with Crippen LogP contribution in [0.15, 0.2) is 42.5 Å². The number of amides is 1. The number of nitrogens with two attached hydrogens (primary N) is 1. The van der Waals surface area contributed by atoms with Crippen LogP contribution in [0.2, 0.25) is 0 Å². The van der Waals surface area contributed by atoms with Gasteiger partial charge in [0.2, 0.25) is 5.91 Å². The van der Waals surface area contributed by atoms with Gasteiger partial charge in [0.25, 0.3) is 0 Å². The van der Waals surface area contributed by atoms with Gasteiger partial charge in [-0.2, -0.15) is 0 Å². The van der Waals surface area contributed by atoms with Crippen molar-refractivity contribution in [2.45, 2.75) is 19.9 Å². The molecule has 0 unspecified atom stereocenters. The zero-order chi connectivity index (χ0) is 20.0. The van der Waals surface area contributed by atoms with Crippen LogP contribution in [-0.2, 0) is 13.0 Å². The van der Waals surface area contributed by atoms with E-state index in [0.717, 1.165) is 12.0 Å². The Labute approximate surface area is 159 Å². The molecule has 0 aliphatic rings. The number of fused-ring (bicyclic) bond motifs is 3. The van der Waals surface area contributed by atoms with Gasteiger partial charge in [-0.25, -0.2) is 13.2 Å². The smallest absolute Gasteiger partial charge is 0.249 e. The largest absolute Gasteiger partial charge is 0.366 e. The summed E-state index contributed by atoms with van der Waals surface area (Å²) in [6, 6.07) is 13.2. The molecular weight excluding hydrogens is 365 g/mol. The van der Waals surface area contributed by atoms with Crippen LogP contribution in [0.25, 0.3) is 21.8 Å². The lowest BCUT2D eigenvalue weighted by Crippen LogP contribution is -2.11. The molecule has 0 spiro atoms. The Balaban J connectivity index is 2.06. The van der Waals surface area contributed by atoms with Gasteiger partial charge in [-0.3, -0.25) is 4.79 Å². The molecule has 28 heavy (non-hydrogen) atoms. The Morgan fingerprint density at radius 2 is 1.82 bits per heavy atom. The third kappa shape index (κ3) is 2.81. The number of primary amides is 1. The van der Waals surface area contributed by atoms with E-state index in [1.54, 1.807) is 22.8 Å². The van der Waals surface area contributed by atoms with E-state index in [1.165, 1.54) is 0 Å². The van der Waals surface area contributed by atoms with Gasteiger partial charge in [0.15, 0.2) is 0 Å². The number of hydrogen-bond acceptors (Lipinski definition) is 1. The minimum atomic E-state index is -0.974. The summed E-state index contributed by atoms with van der Waals surface area (Å²) in [7, 11) is 0. The maximum atomic E-state index is 14.3. The van der Waals surface area contributed by atoms with Crippen LogP contribution < -0.4 is 5.73 Å². The Morgan fingerprint density at radius 1 is 1.11 bits per heavy atom. The second-order valence-electron chi connectivity index (χ2n) is 6.62. The second-order valence-corrected chi connectivity index (χ2v) is 6.62. The molecule has 1 amide bonds. The fraction of sp³-hybridized carbons (Fsp3) is 0.136. The lowest BCUT2D eigenvalue weighted by atomic mass is 10.0. The van der Waals surface area contributed by atoms with E-state index in [1.807, 2.05) is 19.1 Å². The molecule has 3 aromatic carbocycles.